The van der Waals surface area contributed by atoms with Crippen LogP contribution in [0.4, 0.5) is 0 Å². The minimum Gasteiger partial charge on any atom is -0.368 e. The van der Waals surface area contributed by atoms with Gasteiger partial charge in [0.25, 0.3) is 0 Å². The lowest BCUT2D eigenvalue weighted by molar-refractivity contribution is -0.123. The highest BCUT2D eigenvalue weighted by molar-refractivity contribution is 9.10. The largest absolute Gasteiger partial charge is 0.368 e. The number of benzene rings is 1. The zero-order valence-corrected chi connectivity index (χ0v) is 15.4. The first-order valence-electron chi connectivity index (χ1n) is 7.68. The van der Waals surface area contributed by atoms with Crippen LogP contribution in [0.5, 0.6) is 0 Å². The van der Waals surface area contributed by atoms with Crippen LogP contribution in [0.15, 0.2) is 28.7 Å². The van der Waals surface area contributed by atoms with Crippen LogP contribution in [0.25, 0.3) is 0 Å². The molecule has 1 saturated heterocycles. The fourth-order valence-corrected chi connectivity index (χ4v) is 3.90. The van der Waals surface area contributed by atoms with E-state index < -0.39 is 6.04 Å². The van der Waals surface area contributed by atoms with Gasteiger partial charge in [-0.25, -0.2) is 0 Å². The van der Waals surface area contributed by atoms with Crippen molar-refractivity contribution in [2.75, 3.05) is 13.1 Å². The average Bonchev–Trinajstić information content (AvgIpc) is 2.44. The molecule has 4 nitrogen and oxygen atoms in total. The molecule has 1 fully saturated rings. The lowest BCUT2D eigenvalue weighted by atomic mass is 9.96. The molecule has 2 rings (SSSR count). The lowest BCUT2D eigenvalue weighted by Crippen LogP contribution is -2.54. The number of nitrogens with zero attached hydrogens (tertiary/aromatic N) is 1. The minimum absolute atomic E-state index is 0.0394. The second-order valence-corrected chi connectivity index (χ2v) is 8.39. The zero-order chi connectivity index (χ0) is 16.5. The molecule has 1 aromatic rings. The first-order valence-corrected chi connectivity index (χ1v) is 8.47. The van der Waals surface area contributed by atoms with E-state index in [1.54, 1.807) is 0 Å². The number of carbonyl (C=O) groups excluding carboxylic acids is 1. The average molecular weight is 368 g/mol. The van der Waals surface area contributed by atoms with Crippen LogP contribution in [0.3, 0.4) is 0 Å². The Kier molecular flexibility index (Phi) is 5.00. The highest BCUT2D eigenvalue weighted by Gasteiger charge is 2.37. The number of hydrogen-bond acceptors (Lipinski definition) is 3. The summed E-state index contributed by atoms with van der Waals surface area (Å²) >= 11 is 3.48. The van der Waals surface area contributed by atoms with Crippen molar-refractivity contribution in [2.45, 2.75) is 51.2 Å². The number of primary amides is 1. The summed E-state index contributed by atoms with van der Waals surface area (Å²) in [4.78, 5) is 14.3. The third kappa shape index (κ3) is 4.31. The molecule has 0 aromatic heterocycles. The molecule has 0 saturated carbocycles. The molecule has 1 heterocycles. The minimum atomic E-state index is -0.396. The summed E-state index contributed by atoms with van der Waals surface area (Å²) in [5.74, 6) is -0.298. The van der Waals surface area contributed by atoms with Gasteiger partial charge in [-0.05, 0) is 51.8 Å². The van der Waals surface area contributed by atoms with Crippen LogP contribution in [0.2, 0.25) is 0 Å². The summed E-state index contributed by atoms with van der Waals surface area (Å²) in [7, 11) is 0. The Morgan fingerprint density at radius 2 is 2.00 bits per heavy atom. The Bertz CT molecular complexity index is 557. The predicted molar refractivity (Wildman–Crippen MR) is 93.6 cm³/mol. The van der Waals surface area contributed by atoms with Gasteiger partial charge in [0.05, 0.1) is 0 Å². The van der Waals surface area contributed by atoms with Gasteiger partial charge in [-0.1, -0.05) is 28.1 Å². The van der Waals surface area contributed by atoms with Gasteiger partial charge in [0.2, 0.25) is 5.91 Å². The number of hydrogen-bond donors (Lipinski definition) is 2. The van der Waals surface area contributed by atoms with Crippen LogP contribution in [-0.4, -0.2) is 35.0 Å². The van der Waals surface area contributed by atoms with Gasteiger partial charge in [0.15, 0.2) is 0 Å². The van der Waals surface area contributed by atoms with E-state index in [1.165, 1.54) is 0 Å². The second-order valence-electron chi connectivity index (χ2n) is 7.47. The Morgan fingerprint density at radius 1 is 1.32 bits per heavy atom. The normalized spacial score (nSPS) is 22.8. The van der Waals surface area contributed by atoms with Gasteiger partial charge >= 0.3 is 0 Å². The van der Waals surface area contributed by atoms with E-state index in [0.717, 1.165) is 29.5 Å². The fraction of sp³-hybridized carbons (Fsp3) is 0.588. The third-order valence-corrected chi connectivity index (χ3v) is 4.59. The van der Waals surface area contributed by atoms with E-state index in [9.17, 15) is 4.79 Å². The van der Waals surface area contributed by atoms with Crippen molar-refractivity contribution >= 4 is 21.8 Å². The van der Waals surface area contributed by atoms with Crippen LogP contribution < -0.4 is 11.1 Å². The molecule has 1 aromatic carbocycles. The summed E-state index contributed by atoms with van der Waals surface area (Å²) in [5, 5.41) is 3.68. The zero-order valence-electron chi connectivity index (χ0n) is 13.8. The van der Waals surface area contributed by atoms with Crippen LogP contribution in [-0.2, 0) is 4.79 Å². The summed E-state index contributed by atoms with van der Waals surface area (Å²) in [6.45, 7) is 10.4. The monoisotopic (exact) mass is 367 g/mol. The number of nitrogens with two attached hydrogens (primary N) is 1. The lowest BCUT2D eigenvalue weighted by Gasteiger charge is -2.36. The number of nitrogens with one attached hydrogen (secondary N) is 1. The van der Waals surface area contributed by atoms with Gasteiger partial charge in [0, 0.05) is 28.6 Å². The van der Waals surface area contributed by atoms with E-state index >= 15 is 0 Å². The highest BCUT2D eigenvalue weighted by Crippen LogP contribution is 2.29. The quantitative estimate of drug-likeness (QED) is 0.863. The van der Waals surface area contributed by atoms with Crippen molar-refractivity contribution in [1.29, 1.82) is 0 Å². The molecule has 0 spiro atoms. The smallest absolute Gasteiger partial charge is 0.239 e. The van der Waals surface area contributed by atoms with E-state index in [0.29, 0.717) is 0 Å². The molecule has 22 heavy (non-hydrogen) atoms. The van der Waals surface area contributed by atoms with Crippen molar-refractivity contribution in [2.24, 2.45) is 5.73 Å². The maximum absolute atomic E-state index is 12.1. The molecule has 5 heteroatoms. The molecule has 1 amide bonds. The molecule has 0 radical (unpaired) electrons. The first-order chi connectivity index (χ1) is 10.1. The van der Waals surface area contributed by atoms with Crippen molar-refractivity contribution in [1.82, 2.24) is 10.2 Å². The molecule has 1 aliphatic rings. The molecular weight excluding hydrogens is 342 g/mol. The standard InChI is InChI=1S/C17H26BrN3O/c1-16(2)8-9-21(11-17(3,4)20-16)14(15(19)22)12-6-5-7-13(18)10-12/h5-7,10,14,20H,8-9,11H2,1-4H3,(H2,19,22). The summed E-state index contributed by atoms with van der Waals surface area (Å²) < 4.78 is 0.962. The third-order valence-electron chi connectivity index (χ3n) is 4.10. The van der Waals surface area contributed by atoms with Gasteiger partial charge < -0.3 is 11.1 Å². The van der Waals surface area contributed by atoms with Gasteiger partial charge in [-0.15, -0.1) is 0 Å². The summed E-state index contributed by atoms with van der Waals surface area (Å²) in [6.07, 6.45) is 0.966. The summed E-state index contributed by atoms with van der Waals surface area (Å²) in [5.41, 5.74) is 6.64. The SMILES string of the molecule is CC1(C)CCN(C(C(N)=O)c2cccc(Br)c2)CC(C)(C)N1. The van der Waals surface area contributed by atoms with Crippen molar-refractivity contribution in [3.8, 4) is 0 Å². The molecule has 0 aliphatic carbocycles. The molecule has 1 atom stereocenters. The van der Waals surface area contributed by atoms with E-state index in [1.807, 2.05) is 24.3 Å². The van der Waals surface area contributed by atoms with Crippen LogP contribution >= 0.6 is 15.9 Å². The van der Waals surface area contributed by atoms with Gasteiger partial charge in [-0.2, -0.15) is 0 Å². The Labute approximate surface area is 141 Å². The van der Waals surface area contributed by atoms with E-state index in [-0.39, 0.29) is 17.0 Å². The van der Waals surface area contributed by atoms with Crippen molar-refractivity contribution in [3.05, 3.63) is 34.3 Å². The molecule has 0 bridgehead atoms. The van der Waals surface area contributed by atoms with Crippen LogP contribution in [0, 0.1) is 0 Å². The second kappa shape index (κ2) is 6.30. The number of carbonyl (C=O) groups is 1. The maximum Gasteiger partial charge on any atom is 0.239 e. The molecule has 1 aliphatic heterocycles. The first kappa shape index (κ1) is 17.4. The molecule has 3 N–H and O–H groups in total. The predicted octanol–water partition coefficient (Wildman–Crippen LogP) is 2.83. The van der Waals surface area contributed by atoms with E-state index in [4.69, 9.17) is 5.73 Å². The number of halogens is 1. The maximum atomic E-state index is 12.1. The van der Waals surface area contributed by atoms with Crippen LogP contribution in [0.1, 0.15) is 45.7 Å². The number of rotatable bonds is 3. The molecular formula is C17H26BrN3O. The Morgan fingerprint density at radius 3 is 2.59 bits per heavy atom. The summed E-state index contributed by atoms with van der Waals surface area (Å²) in [6, 6.07) is 7.45. The highest BCUT2D eigenvalue weighted by atomic mass is 79.9. The Hall–Kier alpha value is -0.910. The van der Waals surface area contributed by atoms with Gasteiger partial charge in [-0.3, -0.25) is 9.69 Å². The topological polar surface area (TPSA) is 58.4 Å². The molecule has 122 valence electrons. The van der Waals surface area contributed by atoms with E-state index in [2.05, 4.69) is 53.8 Å². The van der Waals surface area contributed by atoms with Gasteiger partial charge in [0.1, 0.15) is 6.04 Å². The molecule has 1 unspecified atom stereocenters. The fourth-order valence-electron chi connectivity index (χ4n) is 3.48. The van der Waals surface area contributed by atoms with Crippen molar-refractivity contribution in [3.63, 3.8) is 0 Å². The van der Waals surface area contributed by atoms with Crippen molar-refractivity contribution < 1.29 is 4.79 Å². The number of amides is 1. The Balaban J connectivity index is 2.34.